The monoisotopic (exact) mass is 564 g/mol. The number of hydrogen-bond donors (Lipinski definition) is 1. The van der Waals surface area contributed by atoms with Gasteiger partial charge in [0, 0.05) is 54.1 Å². The lowest BCUT2D eigenvalue weighted by Crippen LogP contribution is -2.39. The van der Waals surface area contributed by atoms with Gasteiger partial charge in [0.05, 0.1) is 12.8 Å². The number of amides is 1. The highest BCUT2D eigenvalue weighted by molar-refractivity contribution is 9.10. The fourth-order valence-electron chi connectivity index (χ4n) is 4.18. The molecule has 3 aromatic carbocycles. The van der Waals surface area contributed by atoms with Crippen LogP contribution in [0.25, 0.3) is 11.1 Å². The van der Waals surface area contributed by atoms with Crippen LogP contribution >= 0.6 is 15.9 Å². The van der Waals surface area contributed by atoms with Gasteiger partial charge in [0.25, 0.3) is 17.8 Å². The zero-order chi connectivity index (χ0) is 26.1. The molecule has 4 nitrogen and oxygen atoms in total. The molecule has 4 rings (SSSR count). The number of carbonyl (C=O) groups is 1. The molecule has 190 valence electrons. The molecule has 1 heterocycles. The van der Waals surface area contributed by atoms with E-state index >= 15 is 0 Å². The summed E-state index contributed by atoms with van der Waals surface area (Å²) in [6.07, 6.45) is -0.504. The molecule has 0 unspecified atom stereocenters. The second kappa shape index (κ2) is 10.1. The molecule has 36 heavy (non-hydrogen) atoms. The van der Waals surface area contributed by atoms with Crippen molar-refractivity contribution in [2.75, 3.05) is 30.4 Å². The molecule has 0 radical (unpaired) electrons. The van der Waals surface area contributed by atoms with Crippen LogP contribution < -0.4 is 15.0 Å². The Morgan fingerprint density at radius 3 is 2.31 bits per heavy atom. The third-order valence-electron chi connectivity index (χ3n) is 6.20. The van der Waals surface area contributed by atoms with E-state index < -0.39 is 17.8 Å². The Balaban J connectivity index is 1.61. The van der Waals surface area contributed by atoms with Gasteiger partial charge in [0.15, 0.2) is 0 Å². The van der Waals surface area contributed by atoms with Crippen LogP contribution in [0.5, 0.6) is 5.75 Å². The van der Waals surface area contributed by atoms with Crippen molar-refractivity contribution < 1.29 is 27.1 Å². The van der Waals surface area contributed by atoms with E-state index in [1.54, 1.807) is 48.5 Å². The largest absolute Gasteiger partial charge is 0.495 e. The summed E-state index contributed by atoms with van der Waals surface area (Å²) in [5, 5.41) is 2.87. The van der Waals surface area contributed by atoms with Gasteiger partial charge in [-0.1, -0.05) is 40.2 Å². The van der Waals surface area contributed by atoms with Gasteiger partial charge < -0.3 is 15.0 Å². The summed E-state index contributed by atoms with van der Waals surface area (Å²) < 4.78 is 60.7. The Morgan fingerprint density at radius 1 is 1.03 bits per heavy atom. The number of anilines is 2. The smallest absolute Gasteiger partial charge is 0.270 e. The van der Waals surface area contributed by atoms with Crippen LogP contribution in [0.1, 0.15) is 35.7 Å². The highest BCUT2D eigenvalue weighted by Gasteiger charge is 2.35. The quantitative estimate of drug-likeness (QED) is 0.311. The van der Waals surface area contributed by atoms with E-state index in [0.29, 0.717) is 33.8 Å². The zero-order valence-corrected chi connectivity index (χ0v) is 21.3. The fourth-order valence-corrected chi connectivity index (χ4v) is 4.54. The van der Waals surface area contributed by atoms with E-state index in [0.717, 1.165) is 11.4 Å². The van der Waals surface area contributed by atoms with Gasteiger partial charge in [-0.3, -0.25) is 4.79 Å². The molecule has 0 aromatic heterocycles. The summed E-state index contributed by atoms with van der Waals surface area (Å²) in [5.41, 5.74) is 2.51. The number of nitrogens with one attached hydrogen (secondary N) is 1. The van der Waals surface area contributed by atoms with Crippen molar-refractivity contribution in [2.24, 2.45) is 0 Å². The molecule has 0 saturated carbocycles. The summed E-state index contributed by atoms with van der Waals surface area (Å²) >= 11 is 3.41. The average molecular weight is 565 g/mol. The molecule has 9 heteroatoms. The van der Waals surface area contributed by atoms with Crippen LogP contribution in [-0.4, -0.2) is 32.0 Å². The van der Waals surface area contributed by atoms with Crippen LogP contribution in [0.15, 0.2) is 65.1 Å². The molecule has 0 spiro atoms. The Hall–Kier alpha value is -3.07. The van der Waals surface area contributed by atoms with Gasteiger partial charge in [-0.05, 0) is 47.5 Å². The molecule has 0 aliphatic carbocycles. The maximum Gasteiger partial charge on any atom is 0.270 e. The second-order valence-corrected chi connectivity index (χ2v) is 9.76. The van der Waals surface area contributed by atoms with Crippen molar-refractivity contribution in [1.29, 1.82) is 0 Å². The number of halogens is 5. The van der Waals surface area contributed by atoms with Gasteiger partial charge in [0.1, 0.15) is 5.75 Å². The van der Waals surface area contributed by atoms with E-state index in [9.17, 15) is 22.4 Å². The van der Waals surface area contributed by atoms with Gasteiger partial charge in [0.2, 0.25) is 0 Å². The van der Waals surface area contributed by atoms with Gasteiger partial charge >= 0.3 is 0 Å². The van der Waals surface area contributed by atoms with Crippen molar-refractivity contribution in [3.8, 4) is 16.9 Å². The Bertz CT molecular complexity index is 1250. The maximum atomic E-state index is 13.6. The van der Waals surface area contributed by atoms with Gasteiger partial charge in [-0.15, -0.1) is 0 Å². The summed E-state index contributed by atoms with van der Waals surface area (Å²) in [4.78, 5) is 15.1. The number of carbonyl (C=O) groups excluding carboxylic acids is 1. The van der Waals surface area contributed by atoms with E-state index in [4.69, 9.17) is 4.74 Å². The Labute approximate surface area is 215 Å². The topological polar surface area (TPSA) is 41.6 Å². The number of benzene rings is 3. The van der Waals surface area contributed by atoms with Gasteiger partial charge in [-0.2, -0.15) is 0 Å². The van der Waals surface area contributed by atoms with Crippen molar-refractivity contribution in [2.45, 2.75) is 31.6 Å². The van der Waals surface area contributed by atoms with Crippen molar-refractivity contribution in [1.82, 2.24) is 0 Å². The summed E-state index contributed by atoms with van der Waals surface area (Å²) in [6.45, 7) is 1.17. The average Bonchev–Trinajstić information content (AvgIpc) is 2.83. The minimum atomic E-state index is -2.97. The molecular weight excluding hydrogens is 540 g/mol. The van der Waals surface area contributed by atoms with Crippen molar-refractivity contribution in [3.05, 3.63) is 76.3 Å². The molecule has 1 amide bonds. The minimum Gasteiger partial charge on any atom is -0.495 e. The number of rotatable bonds is 6. The van der Waals surface area contributed by atoms with E-state index in [-0.39, 0.29) is 31.5 Å². The van der Waals surface area contributed by atoms with Crippen LogP contribution in [-0.2, 0) is 5.92 Å². The van der Waals surface area contributed by atoms with Crippen molar-refractivity contribution >= 4 is 33.2 Å². The van der Waals surface area contributed by atoms with E-state index in [1.165, 1.54) is 19.2 Å². The molecule has 1 N–H and O–H groups in total. The maximum absolute atomic E-state index is 13.6. The molecule has 0 atom stereocenters. The third-order valence-corrected chi connectivity index (χ3v) is 6.69. The molecule has 3 aromatic rings. The van der Waals surface area contributed by atoms with Crippen LogP contribution in [0.3, 0.4) is 0 Å². The first kappa shape index (κ1) is 26.0. The van der Waals surface area contributed by atoms with Crippen LogP contribution in [0.4, 0.5) is 28.9 Å². The molecule has 0 bridgehead atoms. The number of methoxy groups -OCH3 is 1. The number of alkyl halides is 4. The standard InChI is InChI=1S/C27H25BrF4N2O2/c1-26(29,30)18-5-3-17(4-6-18)22-15-19(28)7-9-21(22)25(35)33-20-8-10-24(36-2)23(16-20)34-13-11-27(31,32)12-14-34/h3-10,15-16H,11-14H2,1-2H3,(H,33,35). The van der Waals surface area contributed by atoms with Crippen LogP contribution in [0.2, 0.25) is 0 Å². The first-order valence-electron chi connectivity index (χ1n) is 11.4. The molecule has 1 saturated heterocycles. The third kappa shape index (κ3) is 5.83. The number of hydrogen-bond acceptors (Lipinski definition) is 3. The van der Waals surface area contributed by atoms with Crippen LogP contribution in [0, 0.1) is 0 Å². The fraction of sp³-hybridized carbons (Fsp3) is 0.296. The van der Waals surface area contributed by atoms with E-state index in [1.807, 2.05) is 4.90 Å². The normalized spacial score (nSPS) is 15.5. The molecular formula is C27H25BrF4N2O2. The first-order valence-corrected chi connectivity index (χ1v) is 12.2. The summed E-state index contributed by atoms with van der Waals surface area (Å²) in [6, 6.07) is 16.0. The molecule has 1 fully saturated rings. The lowest BCUT2D eigenvalue weighted by atomic mass is 9.97. The Kier molecular flexibility index (Phi) is 7.31. The minimum absolute atomic E-state index is 0.117. The zero-order valence-electron chi connectivity index (χ0n) is 19.8. The predicted molar refractivity (Wildman–Crippen MR) is 136 cm³/mol. The lowest BCUT2D eigenvalue weighted by molar-refractivity contribution is -0.0221. The summed E-state index contributed by atoms with van der Waals surface area (Å²) in [5.74, 6) is -5.52. The molecule has 1 aliphatic rings. The summed E-state index contributed by atoms with van der Waals surface area (Å²) in [7, 11) is 1.50. The number of piperidine rings is 1. The van der Waals surface area contributed by atoms with Gasteiger partial charge in [-0.25, -0.2) is 17.6 Å². The number of nitrogens with zero attached hydrogens (tertiary/aromatic N) is 1. The molecule has 1 aliphatic heterocycles. The predicted octanol–water partition coefficient (Wildman–Crippen LogP) is 7.72. The lowest BCUT2D eigenvalue weighted by Gasteiger charge is -2.34. The second-order valence-electron chi connectivity index (χ2n) is 8.84. The highest BCUT2D eigenvalue weighted by Crippen LogP contribution is 2.37. The SMILES string of the molecule is COc1ccc(NC(=O)c2ccc(Br)cc2-c2ccc(C(C)(F)F)cc2)cc1N1CCC(F)(F)CC1. The highest BCUT2D eigenvalue weighted by atomic mass is 79.9. The Morgan fingerprint density at radius 2 is 1.69 bits per heavy atom. The number of ether oxygens (including phenoxy) is 1. The van der Waals surface area contributed by atoms with Crippen molar-refractivity contribution in [3.63, 3.8) is 0 Å². The van der Waals surface area contributed by atoms with E-state index in [2.05, 4.69) is 21.2 Å². The first-order chi connectivity index (χ1) is 17.0.